The highest BCUT2D eigenvalue weighted by Gasteiger charge is 2.22. The SMILES string of the molecule is COC(=O)c1ccc(OC)c(S(=O)(=O)NCCC(CCO)c2ccsc2)c1. The van der Waals surface area contributed by atoms with Gasteiger partial charge < -0.3 is 14.6 Å². The first kappa shape index (κ1) is 21.4. The monoisotopic (exact) mass is 413 g/mol. The normalized spacial score (nSPS) is 12.6. The maximum Gasteiger partial charge on any atom is 0.337 e. The molecular formula is C18H23NO6S2. The zero-order valence-corrected chi connectivity index (χ0v) is 16.8. The van der Waals surface area contributed by atoms with Crippen LogP contribution in [0.5, 0.6) is 5.75 Å². The van der Waals surface area contributed by atoms with Gasteiger partial charge in [0.1, 0.15) is 10.6 Å². The van der Waals surface area contributed by atoms with Crippen molar-refractivity contribution in [2.45, 2.75) is 23.7 Å². The van der Waals surface area contributed by atoms with Gasteiger partial charge in [-0.25, -0.2) is 17.9 Å². The number of esters is 1. The highest BCUT2D eigenvalue weighted by molar-refractivity contribution is 7.89. The number of carbonyl (C=O) groups is 1. The molecule has 1 aromatic heterocycles. The number of sulfonamides is 1. The Morgan fingerprint density at radius 2 is 2.04 bits per heavy atom. The van der Waals surface area contributed by atoms with Gasteiger partial charge in [0.15, 0.2) is 0 Å². The van der Waals surface area contributed by atoms with Gasteiger partial charge in [-0.15, -0.1) is 0 Å². The first-order valence-electron chi connectivity index (χ1n) is 8.32. The fourth-order valence-corrected chi connectivity index (χ4v) is 4.70. The van der Waals surface area contributed by atoms with E-state index in [1.165, 1.54) is 32.4 Å². The van der Waals surface area contributed by atoms with E-state index in [4.69, 9.17) is 4.74 Å². The predicted octanol–water partition coefficient (Wildman–Crippen LogP) is 2.38. The number of aliphatic hydroxyl groups excluding tert-OH is 1. The summed E-state index contributed by atoms with van der Waals surface area (Å²) in [6, 6.07) is 6.07. The largest absolute Gasteiger partial charge is 0.495 e. The Bertz CT molecular complexity index is 849. The molecule has 2 rings (SSSR count). The zero-order chi connectivity index (χ0) is 19.9. The summed E-state index contributed by atoms with van der Waals surface area (Å²) in [5, 5.41) is 13.2. The maximum absolute atomic E-state index is 12.7. The van der Waals surface area contributed by atoms with Crippen molar-refractivity contribution < 1.29 is 27.8 Å². The van der Waals surface area contributed by atoms with E-state index in [9.17, 15) is 18.3 Å². The van der Waals surface area contributed by atoms with Crippen molar-refractivity contribution in [3.05, 3.63) is 46.2 Å². The number of thiophene rings is 1. The topological polar surface area (TPSA) is 102 Å². The van der Waals surface area contributed by atoms with Crippen LogP contribution in [0.2, 0.25) is 0 Å². The smallest absolute Gasteiger partial charge is 0.337 e. The summed E-state index contributed by atoms with van der Waals surface area (Å²) < 4.78 is 37.7. The molecule has 27 heavy (non-hydrogen) atoms. The number of ether oxygens (including phenoxy) is 2. The molecule has 2 aromatic rings. The molecule has 0 saturated carbocycles. The van der Waals surface area contributed by atoms with Crippen LogP contribution in [0.15, 0.2) is 39.9 Å². The molecular weight excluding hydrogens is 390 g/mol. The van der Waals surface area contributed by atoms with Gasteiger partial charge in [0.05, 0.1) is 19.8 Å². The molecule has 0 saturated heterocycles. The Balaban J connectivity index is 2.14. The molecule has 1 atom stereocenters. The van der Waals surface area contributed by atoms with Crippen molar-refractivity contribution >= 4 is 27.3 Å². The van der Waals surface area contributed by atoms with E-state index in [1.54, 1.807) is 11.3 Å². The van der Waals surface area contributed by atoms with Crippen LogP contribution in [0.4, 0.5) is 0 Å². The summed E-state index contributed by atoms with van der Waals surface area (Å²) in [4.78, 5) is 11.6. The molecule has 0 radical (unpaired) electrons. The Hall–Kier alpha value is -1.94. The van der Waals surface area contributed by atoms with E-state index in [0.717, 1.165) is 5.56 Å². The van der Waals surface area contributed by atoms with Gasteiger partial charge in [-0.1, -0.05) is 0 Å². The van der Waals surface area contributed by atoms with Crippen molar-refractivity contribution in [2.24, 2.45) is 0 Å². The van der Waals surface area contributed by atoms with Gasteiger partial charge in [0.2, 0.25) is 10.0 Å². The third-order valence-electron chi connectivity index (χ3n) is 4.15. The van der Waals surface area contributed by atoms with Gasteiger partial charge in [0.25, 0.3) is 0 Å². The molecule has 7 nitrogen and oxygen atoms in total. The Labute approximate surface area is 163 Å². The zero-order valence-electron chi connectivity index (χ0n) is 15.2. The van der Waals surface area contributed by atoms with Crippen molar-refractivity contribution in [1.82, 2.24) is 4.72 Å². The average molecular weight is 414 g/mol. The number of nitrogens with one attached hydrogen (secondary N) is 1. The number of rotatable bonds is 10. The minimum atomic E-state index is -3.89. The molecule has 1 unspecified atom stereocenters. The van der Waals surface area contributed by atoms with Crippen molar-refractivity contribution in [3.63, 3.8) is 0 Å². The van der Waals surface area contributed by atoms with Crippen LogP contribution in [-0.2, 0) is 14.8 Å². The van der Waals surface area contributed by atoms with E-state index in [1.807, 2.05) is 16.8 Å². The number of aliphatic hydroxyl groups is 1. The van der Waals surface area contributed by atoms with Crippen molar-refractivity contribution in [2.75, 3.05) is 27.4 Å². The summed E-state index contributed by atoms with van der Waals surface area (Å²) in [5.41, 5.74) is 1.20. The molecule has 0 fully saturated rings. The fourth-order valence-electron chi connectivity index (χ4n) is 2.72. The number of methoxy groups -OCH3 is 2. The first-order chi connectivity index (χ1) is 12.9. The Kier molecular flexibility index (Phi) is 7.78. The summed E-state index contributed by atoms with van der Waals surface area (Å²) in [7, 11) is -1.30. The number of benzene rings is 1. The van der Waals surface area contributed by atoms with Gasteiger partial charge >= 0.3 is 5.97 Å². The first-order valence-corrected chi connectivity index (χ1v) is 10.7. The lowest BCUT2D eigenvalue weighted by molar-refractivity contribution is 0.0600. The van der Waals surface area contributed by atoms with E-state index in [2.05, 4.69) is 9.46 Å². The van der Waals surface area contributed by atoms with Crippen LogP contribution >= 0.6 is 11.3 Å². The van der Waals surface area contributed by atoms with Crippen LogP contribution in [-0.4, -0.2) is 46.9 Å². The van der Waals surface area contributed by atoms with Crippen molar-refractivity contribution in [3.8, 4) is 5.75 Å². The second-order valence-corrected chi connectivity index (χ2v) is 8.32. The lowest BCUT2D eigenvalue weighted by Gasteiger charge is -2.16. The van der Waals surface area contributed by atoms with Crippen LogP contribution < -0.4 is 9.46 Å². The van der Waals surface area contributed by atoms with Gasteiger partial charge in [-0.3, -0.25) is 0 Å². The Morgan fingerprint density at radius 3 is 2.63 bits per heavy atom. The van der Waals surface area contributed by atoms with Gasteiger partial charge in [-0.05, 0) is 59.3 Å². The minimum Gasteiger partial charge on any atom is -0.495 e. The summed E-state index contributed by atoms with van der Waals surface area (Å²) in [5.74, 6) is -0.429. The lowest BCUT2D eigenvalue weighted by Crippen LogP contribution is -2.26. The highest BCUT2D eigenvalue weighted by atomic mass is 32.2. The minimum absolute atomic E-state index is 0.0300. The molecule has 0 aliphatic heterocycles. The second-order valence-electron chi connectivity index (χ2n) is 5.81. The maximum atomic E-state index is 12.7. The number of hydrogen-bond donors (Lipinski definition) is 2. The molecule has 1 heterocycles. The summed E-state index contributed by atoms with van der Waals surface area (Å²) in [6.45, 7) is 0.219. The van der Waals surface area contributed by atoms with Crippen molar-refractivity contribution in [1.29, 1.82) is 0 Å². The molecule has 148 valence electrons. The van der Waals surface area contributed by atoms with Gasteiger partial charge in [0, 0.05) is 13.2 Å². The number of carbonyl (C=O) groups excluding carboxylic acids is 1. The van der Waals surface area contributed by atoms with E-state index in [0.29, 0.717) is 12.8 Å². The third-order valence-corrected chi connectivity index (χ3v) is 6.33. The van der Waals surface area contributed by atoms with Crippen LogP contribution in [0.1, 0.15) is 34.7 Å². The molecule has 9 heteroatoms. The third kappa shape index (κ3) is 5.52. The number of hydrogen-bond acceptors (Lipinski definition) is 7. The summed E-state index contributed by atoms with van der Waals surface area (Å²) >= 11 is 1.56. The van der Waals surface area contributed by atoms with E-state index < -0.39 is 16.0 Å². The van der Waals surface area contributed by atoms with Crippen LogP contribution in [0.25, 0.3) is 0 Å². The lowest BCUT2D eigenvalue weighted by atomic mass is 9.95. The summed E-state index contributed by atoms with van der Waals surface area (Å²) in [6.07, 6.45) is 1.09. The molecule has 1 aromatic carbocycles. The second kappa shape index (κ2) is 9.84. The van der Waals surface area contributed by atoms with Crippen LogP contribution in [0.3, 0.4) is 0 Å². The molecule has 0 amide bonds. The molecule has 0 bridgehead atoms. The van der Waals surface area contributed by atoms with Crippen LogP contribution in [0, 0.1) is 0 Å². The fraction of sp³-hybridized carbons (Fsp3) is 0.389. The molecule has 0 aliphatic rings. The molecule has 2 N–H and O–H groups in total. The van der Waals surface area contributed by atoms with E-state index >= 15 is 0 Å². The average Bonchev–Trinajstić information content (AvgIpc) is 3.20. The quantitative estimate of drug-likeness (QED) is 0.580. The molecule has 0 aliphatic carbocycles. The molecule has 0 spiro atoms. The van der Waals surface area contributed by atoms with E-state index in [-0.39, 0.29) is 35.3 Å². The Morgan fingerprint density at radius 1 is 1.26 bits per heavy atom. The predicted molar refractivity (Wildman–Crippen MR) is 103 cm³/mol. The standard InChI is InChI=1S/C18H23NO6S2/c1-24-16-4-3-14(18(21)25-2)11-17(16)27(22,23)19-8-5-13(6-9-20)15-7-10-26-12-15/h3-4,7,10-13,19-20H,5-6,8-9H2,1-2H3. The highest BCUT2D eigenvalue weighted by Crippen LogP contribution is 2.27. The van der Waals surface area contributed by atoms with Gasteiger partial charge in [-0.2, -0.15) is 11.3 Å².